The van der Waals surface area contributed by atoms with Gasteiger partial charge in [0.25, 0.3) is 12.2 Å². The number of ketones is 1. The summed E-state index contributed by atoms with van der Waals surface area (Å²) in [6.45, 7) is 14.7. The molecule has 2 heterocycles. The standard InChI is InChI=1S/C26H27N3O4/c1-15(2)31-24-11-8-17(12-22(24)27-4)26-32-25(28-33-26)21-7-5-6-20-19(21)9-10-23(20)29-13-18(14-29)16(3)30/h5-8,11-12,15,18,23,26H,9-10,13-14H2,1-3H3. The number of fused-ring (bicyclic) bond motifs is 1. The van der Waals surface area contributed by atoms with Crippen LogP contribution < -0.4 is 4.74 Å². The molecule has 2 unspecified atom stereocenters. The van der Waals surface area contributed by atoms with E-state index in [4.69, 9.17) is 20.9 Å². The fraction of sp³-hybridized carbons (Fsp3) is 0.423. The third kappa shape index (κ3) is 3.96. The molecule has 0 spiro atoms. The first-order valence-corrected chi connectivity index (χ1v) is 11.4. The normalized spacial score (nSPS) is 22.1. The first-order valence-electron chi connectivity index (χ1n) is 11.4. The number of rotatable bonds is 6. The van der Waals surface area contributed by atoms with Crippen LogP contribution in [0.3, 0.4) is 0 Å². The number of benzene rings is 2. The molecule has 170 valence electrons. The molecule has 0 bridgehead atoms. The molecule has 0 amide bonds. The first kappa shape index (κ1) is 21.5. The fourth-order valence-electron chi connectivity index (χ4n) is 4.84. The van der Waals surface area contributed by atoms with Crippen molar-refractivity contribution in [2.45, 2.75) is 52.0 Å². The molecule has 0 saturated carbocycles. The van der Waals surface area contributed by atoms with E-state index in [1.807, 2.05) is 32.0 Å². The zero-order valence-electron chi connectivity index (χ0n) is 19.1. The number of carbonyl (C=O) groups is 1. The quantitative estimate of drug-likeness (QED) is 0.590. The van der Waals surface area contributed by atoms with E-state index in [-0.39, 0.29) is 17.8 Å². The van der Waals surface area contributed by atoms with Crippen LogP contribution in [-0.2, 0) is 20.8 Å². The summed E-state index contributed by atoms with van der Waals surface area (Å²) in [5.74, 6) is 1.47. The van der Waals surface area contributed by atoms with E-state index in [2.05, 4.69) is 21.0 Å². The van der Waals surface area contributed by atoms with Crippen molar-refractivity contribution in [3.63, 3.8) is 0 Å². The second-order valence-corrected chi connectivity index (χ2v) is 9.15. The van der Waals surface area contributed by atoms with Gasteiger partial charge in [-0.25, -0.2) is 4.85 Å². The first-order chi connectivity index (χ1) is 15.9. The smallest absolute Gasteiger partial charge is 0.292 e. The zero-order valence-corrected chi connectivity index (χ0v) is 19.1. The van der Waals surface area contributed by atoms with Crippen LogP contribution in [-0.4, -0.2) is 35.8 Å². The predicted molar refractivity (Wildman–Crippen MR) is 123 cm³/mol. The number of ether oxygens (including phenoxy) is 2. The second-order valence-electron chi connectivity index (χ2n) is 9.15. The summed E-state index contributed by atoms with van der Waals surface area (Å²) in [5, 5.41) is 4.23. The molecule has 0 N–H and O–H groups in total. The van der Waals surface area contributed by atoms with Gasteiger partial charge < -0.3 is 14.3 Å². The molecule has 2 atom stereocenters. The summed E-state index contributed by atoms with van der Waals surface area (Å²) in [6, 6.07) is 11.9. The molecule has 5 rings (SSSR count). The Hall–Kier alpha value is -3.37. The van der Waals surface area contributed by atoms with E-state index in [9.17, 15) is 4.79 Å². The van der Waals surface area contributed by atoms with Crippen molar-refractivity contribution in [1.82, 2.24) is 4.90 Å². The minimum Gasteiger partial charge on any atom is -0.502 e. The number of Topliss-reactive ketones (excluding diaryl/α,β-unsaturated/α-hetero) is 1. The van der Waals surface area contributed by atoms with Gasteiger partial charge in [-0.15, -0.1) is 0 Å². The molecule has 0 aromatic heterocycles. The molecule has 7 nitrogen and oxygen atoms in total. The molecule has 33 heavy (non-hydrogen) atoms. The summed E-state index contributed by atoms with van der Waals surface area (Å²) in [4.78, 5) is 23.2. The number of likely N-dealkylation sites (tertiary alicyclic amines) is 1. The Morgan fingerprint density at radius 2 is 2.09 bits per heavy atom. The van der Waals surface area contributed by atoms with Gasteiger partial charge >= 0.3 is 0 Å². The van der Waals surface area contributed by atoms with Crippen LogP contribution in [0.15, 0.2) is 41.6 Å². The third-order valence-electron chi connectivity index (χ3n) is 6.58. The maximum Gasteiger partial charge on any atom is 0.292 e. The van der Waals surface area contributed by atoms with Gasteiger partial charge in [0.15, 0.2) is 0 Å². The Balaban J connectivity index is 1.32. The van der Waals surface area contributed by atoms with Crippen molar-refractivity contribution in [2.75, 3.05) is 13.1 Å². The van der Waals surface area contributed by atoms with E-state index < -0.39 is 6.29 Å². The van der Waals surface area contributed by atoms with Crippen LogP contribution in [0.5, 0.6) is 5.75 Å². The Morgan fingerprint density at radius 1 is 1.27 bits per heavy atom. The highest BCUT2D eigenvalue weighted by Crippen LogP contribution is 2.42. The van der Waals surface area contributed by atoms with Crippen molar-refractivity contribution >= 4 is 17.4 Å². The van der Waals surface area contributed by atoms with Crippen LogP contribution in [0.2, 0.25) is 0 Å². The van der Waals surface area contributed by atoms with Crippen LogP contribution in [0.1, 0.15) is 61.8 Å². The monoisotopic (exact) mass is 445 g/mol. The summed E-state index contributed by atoms with van der Waals surface area (Å²) in [7, 11) is 0. The van der Waals surface area contributed by atoms with E-state index in [1.165, 1.54) is 11.1 Å². The third-order valence-corrected chi connectivity index (χ3v) is 6.58. The molecule has 1 saturated heterocycles. The lowest BCUT2D eigenvalue weighted by Gasteiger charge is -2.42. The largest absolute Gasteiger partial charge is 0.502 e. The van der Waals surface area contributed by atoms with Gasteiger partial charge in [-0.1, -0.05) is 18.2 Å². The van der Waals surface area contributed by atoms with Gasteiger partial charge in [-0.3, -0.25) is 9.69 Å². The average molecular weight is 446 g/mol. The maximum atomic E-state index is 11.6. The highest BCUT2D eigenvalue weighted by atomic mass is 16.8. The summed E-state index contributed by atoms with van der Waals surface area (Å²) in [6.07, 6.45) is 1.25. The summed E-state index contributed by atoms with van der Waals surface area (Å²) < 4.78 is 11.8. The van der Waals surface area contributed by atoms with Crippen LogP contribution >= 0.6 is 0 Å². The molecule has 2 aromatic rings. The van der Waals surface area contributed by atoms with Gasteiger partial charge in [-0.05, 0) is 68.1 Å². The maximum absolute atomic E-state index is 11.6. The molecule has 1 aliphatic carbocycles. The fourth-order valence-corrected chi connectivity index (χ4v) is 4.84. The number of hydrogen-bond acceptors (Lipinski definition) is 6. The van der Waals surface area contributed by atoms with Gasteiger partial charge in [0.1, 0.15) is 11.5 Å². The van der Waals surface area contributed by atoms with Gasteiger partial charge in [0.2, 0.25) is 5.69 Å². The van der Waals surface area contributed by atoms with Crippen LogP contribution in [0, 0.1) is 12.5 Å². The number of hydrogen-bond donors (Lipinski definition) is 0. The Morgan fingerprint density at radius 3 is 2.82 bits per heavy atom. The lowest BCUT2D eigenvalue weighted by atomic mass is 9.92. The summed E-state index contributed by atoms with van der Waals surface area (Å²) >= 11 is 0. The topological polar surface area (TPSA) is 64.7 Å². The van der Waals surface area contributed by atoms with Crippen LogP contribution in [0.4, 0.5) is 5.69 Å². The number of carbonyl (C=O) groups excluding carboxylic acids is 1. The molecular formula is C26H27N3O4. The van der Waals surface area contributed by atoms with Gasteiger partial charge in [0, 0.05) is 36.2 Å². The molecule has 7 heteroatoms. The Bertz CT molecular complexity index is 1160. The average Bonchev–Trinajstić information content (AvgIpc) is 3.40. The van der Waals surface area contributed by atoms with E-state index >= 15 is 0 Å². The number of nitrogens with zero attached hydrogens (tertiary/aromatic N) is 3. The molecular weight excluding hydrogens is 418 g/mol. The molecule has 2 aliphatic heterocycles. The molecule has 1 fully saturated rings. The van der Waals surface area contributed by atoms with Crippen molar-refractivity contribution in [3.8, 4) is 5.75 Å². The van der Waals surface area contributed by atoms with Crippen molar-refractivity contribution in [1.29, 1.82) is 0 Å². The number of oxime groups is 1. The van der Waals surface area contributed by atoms with E-state index in [0.29, 0.717) is 23.4 Å². The van der Waals surface area contributed by atoms with E-state index in [1.54, 1.807) is 19.1 Å². The zero-order chi connectivity index (χ0) is 23.1. The highest BCUT2D eigenvalue weighted by molar-refractivity contribution is 5.96. The SMILES string of the molecule is [C-]#[N+]c1cc(C2ON=C(c3cccc4c3CCC4N3CC(C(C)=O)C3)O2)ccc1OC(C)C. The minimum atomic E-state index is -0.701. The molecule has 2 aromatic carbocycles. The highest BCUT2D eigenvalue weighted by Gasteiger charge is 2.39. The van der Waals surface area contributed by atoms with Crippen molar-refractivity contribution in [3.05, 3.63) is 70.1 Å². The predicted octanol–water partition coefficient (Wildman–Crippen LogP) is 4.94. The van der Waals surface area contributed by atoms with Gasteiger partial charge in [0.05, 0.1) is 12.7 Å². The lowest BCUT2D eigenvalue weighted by molar-refractivity contribution is -0.126. The van der Waals surface area contributed by atoms with Crippen LogP contribution in [0.25, 0.3) is 4.85 Å². The van der Waals surface area contributed by atoms with Crippen molar-refractivity contribution < 1.29 is 19.1 Å². The van der Waals surface area contributed by atoms with E-state index in [0.717, 1.165) is 37.1 Å². The lowest BCUT2D eigenvalue weighted by Crippen LogP contribution is -2.50. The Labute approximate surface area is 193 Å². The second kappa shape index (κ2) is 8.53. The molecule has 0 radical (unpaired) electrons. The van der Waals surface area contributed by atoms with Gasteiger partial charge in [-0.2, -0.15) is 0 Å². The molecule has 3 aliphatic rings. The minimum absolute atomic E-state index is 0.0149. The Kier molecular flexibility index (Phi) is 5.55. The summed E-state index contributed by atoms with van der Waals surface area (Å²) in [5.41, 5.74) is 4.61. The van der Waals surface area contributed by atoms with Crippen molar-refractivity contribution in [2.24, 2.45) is 11.1 Å².